The van der Waals surface area contributed by atoms with Crippen LogP contribution in [-0.2, 0) is 6.54 Å². The number of fused-ring (bicyclic) bond motifs is 1. The molecule has 1 fully saturated rings. The van der Waals surface area contributed by atoms with Gasteiger partial charge in [-0.1, -0.05) is 60.7 Å². The Bertz CT molecular complexity index is 1740. The van der Waals surface area contributed by atoms with Crippen LogP contribution in [0, 0.1) is 0 Å². The van der Waals surface area contributed by atoms with Crippen LogP contribution in [0.15, 0.2) is 102 Å². The van der Waals surface area contributed by atoms with Gasteiger partial charge in [0.25, 0.3) is 0 Å². The molecule has 7 nitrogen and oxygen atoms in total. The average molecular weight is 591 g/mol. The normalized spacial score (nSPS) is 14.6. The van der Waals surface area contributed by atoms with Crippen molar-refractivity contribution in [1.82, 2.24) is 34.4 Å². The topological polar surface area (TPSA) is 75.0 Å². The van der Waals surface area contributed by atoms with Crippen molar-refractivity contribution in [2.75, 3.05) is 13.1 Å². The molecule has 5 heterocycles. The highest BCUT2D eigenvalue weighted by Gasteiger charge is 2.24. The van der Waals surface area contributed by atoms with Crippen LogP contribution >= 0.6 is 15.9 Å². The number of nitrogens with one attached hydrogen (secondary N) is 1. The molecule has 0 spiro atoms. The Balaban J connectivity index is 1.05. The Hall–Kier alpha value is -4.14. The summed E-state index contributed by atoms with van der Waals surface area (Å²) in [4.78, 5) is 16.7. The number of H-pyrrole nitrogens is 1. The predicted octanol–water partition coefficient (Wildman–Crippen LogP) is 6.99. The number of imidazole rings is 1. The maximum atomic E-state index is 5.05. The Kier molecular flexibility index (Phi) is 6.71. The molecule has 2 aromatic carbocycles. The lowest BCUT2D eigenvalue weighted by Crippen LogP contribution is -2.32. The zero-order valence-corrected chi connectivity index (χ0v) is 23.5. The standard InChI is InChI=1S/C32H28BrN7/c33-26-9-6-18-40-29(24-7-2-1-3-8-24)28(35-32(26)40)23-13-11-22(12-14-23)21-39-19-15-25(16-20-39)30-36-31(38-37-30)27-10-4-5-17-34-27/h1-14,17-18,25H,15-16,19-21H2,(H,36,37,38). The van der Waals surface area contributed by atoms with E-state index in [0.717, 1.165) is 76.6 Å². The fourth-order valence-corrected chi connectivity index (χ4v) is 6.00. The van der Waals surface area contributed by atoms with Crippen LogP contribution in [-0.4, -0.2) is 47.5 Å². The maximum Gasteiger partial charge on any atom is 0.199 e. The average Bonchev–Trinajstić information content (AvgIpc) is 3.66. The summed E-state index contributed by atoms with van der Waals surface area (Å²) in [6, 6.07) is 29.3. The number of aromatic nitrogens is 6. The van der Waals surface area contributed by atoms with Crippen LogP contribution in [0.1, 0.15) is 30.1 Å². The molecule has 0 amide bonds. The number of piperidine rings is 1. The first-order chi connectivity index (χ1) is 19.7. The van der Waals surface area contributed by atoms with Crippen molar-refractivity contribution in [3.05, 3.63) is 113 Å². The van der Waals surface area contributed by atoms with E-state index < -0.39 is 0 Å². The molecule has 1 N–H and O–H groups in total. The summed E-state index contributed by atoms with van der Waals surface area (Å²) in [5.41, 5.74) is 7.39. The second kappa shape index (κ2) is 10.8. The highest BCUT2D eigenvalue weighted by atomic mass is 79.9. The lowest BCUT2D eigenvalue weighted by atomic mass is 9.95. The molecule has 1 saturated heterocycles. The Labute approximate surface area is 241 Å². The van der Waals surface area contributed by atoms with Crippen molar-refractivity contribution < 1.29 is 0 Å². The van der Waals surface area contributed by atoms with Crippen LogP contribution in [0.4, 0.5) is 0 Å². The fourth-order valence-electron chi connectivity index (χ4n) is 5.56. The number of benzene rings is 2. The molecular weight excluding hydrogens is 562 g/mol. The summed E-state index contributed by atoms with van der Waals surface area (Å²) >= 11 is 3.69. The third-order valence-electron chi connectivity index (χ3n) is 7.65. The number of halogens is 1. The zero-order valence-electron chi connectivity index (χ0n) is 21.9. The molecule has 0 bridgehead atoms. The SMILES string of the molecule is Brc1cccn2c(-c3ccccc3)c(-c3ccc(CN4CCC(c5nc(-c6ccccn6)n[nH]5)CC4)cc3)nc12. The summed E-state index contributed by atoms with van der Waals surface area (Å²) in [6.07, 6.45) is 5.97. The third kappa shape index (κ3) is 4.85. The van der Waals surface area contributed by atoms with Gasteiger partial charge in [0.05, 0.1) is 15.9 Å². The van der Waals surface area contributed by atoms with E-state index in [-0.39, 0.29) is 0 Å². The molecule has 1 aliphatic heterocycles. The van der Waals surface area contributed by atoms with Crippen molar-refractivity contribution in [1.29, 1.82) is 0 Å². The van der Waals surface area contributed by atoms with Crippen LogP contribution in [0.2, 0.25) is 0 Å². The number of nitrogens with zero attached hydrogens (tertiary/aromatic N) is 6. The summed E-state index contributed by atoms with van der Waals surface area (Å²) in [6.45, 7) is 3.00. The van der Waals surface area contributed by atoms with E-state index in [1.54, 1.807) is 6.20 Å². The monoisotopic (exact) mass is 589 g/mol. The number of hydrogen-bond donors (Lipinski definition) is 1. The van der Waals surface area contributed by atoms with E-state index in [4.69, 9.17) is 9.97 Å². The largest absolute Gasteiger partial charge is 0.299 e. The molecular formula is C32H28BrN7. The molecule has 0 aliphatic carbocycles. The van der Waals surface area contributed by atoms with E-state index in [0.29, 0.717) is 11.7 Å². The van der Waals surface area contributed by atoms with Gasteiger partial charge in [-0.2, -0.15) is 5.10 Å². The minimum Gasteiger partial charge on any atom is -0.299 e. The van der Waals surface area contributed by atoms with E-state index in [2.05, 4.69) is 95.1 Å². The molecule has 0 unspecified atom stereocenters. The highest BCUT2D eigenvalue weighted by Crippen LogP contribution is 2.35. The number of aromatic amines is 1. The molecule has 6 aromatic rings. The quantitative estimate of drug-likeness (QED) is 0.226. The zero-order chi connectivity index (χ0) is 26.9. The summed E-state index contributed by atoms with van der Waals surface area (Å²) in [7, 11) is 0. The first kappa shape index (κ1) is 24.9. The van der Waals surface area contributed by atoms with Crippen molar-refractivity contribution in [2.24, 2.45) is 0 Å². The lowest BCUT2D eigenvalue weighted by Gasteiger charge is -2.30. The van der Waals surface area contributed by atoms with Crippen molar-refractivity contribution >= 4 is 21.6 Å². The van der Waals surface area contributed by atoms with E-state index in [9.17, 15) is 0 Å². The Morgan fingerprint density at radius 3 is 2.40 bits per heavy atom. The van der Waals surface area contributed by atoms with Crippen LogP contribution < -0.4 is 0 Å². The van der Waals surface area contributed by atoms with Crippen LogP contribution in [0.5, 0.6) is 0 Å². The summed E-state index contributed by atoms with van der Waals surface area (Å²) < 4.78 is 3.15. The van der Waals surface area contributed by atoms with E-state index in [1.807, 2.05) is 36.4 Å². The maximum absolute atomic E-state index is 5.05. The molecule has 1 aliphatic rings. The Morgan fingerprint density at radius 2 is 1.62 bits per heavy atom. The Morgan fingerprint density at radius 1 is 0.825 bits per heavy atom. The van der Waals surface area contributed by atoms with Gasteiger partial charge in [-0.15, -0.1) is 0 Å². The molecule has 8 heteroatoms. The molecule has 4 aromatic heterocycles. The molecule has 0 atom stereocenters. The van der Waals surface area contributed by atoms with Gasteiger partial charge in [0.2, 0.25) is 0 Å². The number of pyridine rings is 2. The van der Waals surface area contributed by atoms with Crippen molar-refractivity contribution in [3.8, 4) is 34.0 Å². The van der Waals surface area contributed by atoms with Gasteiger partial charge in [0.15, 0.2) is 11.5 Å². The second-order valence-electron chi connectivity index (χ2n) is 10.2. The molecule has 0 radical (unpaired) electrons. The molecule has 198 valence electrons. The first-order valence-corrected chi connectivity index (χ1v) is 14.4. The van der Waals surface area contributed by atoms with E-state index in [1.165, 1.54) is 5.56 Å². The first-order valence-electron chi connectivity index (χ1n) is 13.6. The number of rotatable bonds is 6. The van der Waals surface area contributed by atoms with E-state index >= 15 is 0 Å². The number of likely N-dealkylation sites (tertiary alicyclic amines) is 1. The molecule has 0 saturated carbocycles. The summed E-state index contributed by atoms with van der Waals surface area (Å²) in [5.74, 6) is 2.04. The van der Waals surface area contributed by atoms with Crippen LogP contribution in [0.3, 0.4) is 0 Å². The van der Waals surface area contributed by atoms with Gasteiger partial charge in [0, 0.05) is 36.0 Å². The second-order valence-corrected chi connectivity index (χ2v) is 11.1. The van der Waals surface area contributed by atoms with Gasteiger partial charge in [-0.05, 0) is 71.7 Å². The molecule has 7 rings (SSSR count). The number of hydrogen-bond acceptors (Lipinski definition) is 5. The summed E-state index contributed by atoms with van der Waals surface area (Å²) in [5, 5.41) is 7.56. The van der Waals surface area contributed by atoms with Gasteiger partial charge in [0.1, 0.15) is 11.5 Å². The van der Waals surface area contributed by atoms with Gasteiger partial charge < -0.3 is 0 Å². The smallest absolute Gasteiger partial charge is 0.199 e. The highest BCUT2D eigenvalue weighted by molar-refractivity contribution is 9.10. The van der Waals surface area contributed by atoms with Gasteiger partial charge in [-0.3, -0.25) is 19.4 Å². The van der Waals surface area contributed by atoms with Gasteiger partial charge in [-0.25, -0.2) is 9.97 Å². The van der Waals surface area contributed by atoms with Crippen molar-refractivity contribution in [3.63, 3.8) is 0 Å². The van der Waals surface area contributed by atoms with Crippen LogP contribution in [0.25, 0.3) is 39.7 Å². The predicted molar refractivity (Wildman–Crippen MR) is 161 cm³/mol. The minimum absolute atomic E-state index is 0.398. The fraction of sp³-hybridized carbons (Fsp3) is 0.188. The third-order valence-corrected chi connectivity index (χ3v) is 8.27. The van der Waals surface area contributed by atoms with Crippen molar-refractivity contribution in [2.45, 2.75) is 25.3 Å². The minimum atomic E-state index is 0.398. The van der Waals surface area contributed by atoms with Gasteiger partial charge >= 0.3 is 0 Å². The lowest BCUT2D eigenvalue weighted by molar-refractivity contribution is 0.202. The molecule has 40 heavy (non-hydrogen) atoms.